The van der Waals surface area contributed by atoms with Crippen molar-refractivity contribution in [3.05, 3.63) is 36.0 Å². The number of nitriles is 1. The van der Waals surface area contributed by atoms with Crippen LogP contribution in [0, 0.1) is 17.2 Å². The third kappa shape index (κ3) is 3.41. The Bertz CT molecular complexity index is 773. The standard InChI is InChI=1S/C17H19N3O3/c1-11(10-23-3)19-17(22)13(8-18)16(21)14-9-20(2)15-7-5-4-6-12(14)15/h4-7,9,11,13H,10H2,1-3H3,(H,19,22)/t11-,13-/m1/s1. The van der Waals surface area contributed by atoms with E-state index in [0.29, 0.717) is 12.2 Å². The summed E-state index contributed by atoms with van der Waals surface area (Å²) in [5, 5.41) is 12.6. The van der Waals surface area contributed by atoms with Crippen LogP contribution in [0.25, 0.3) is 10.9 Å². The van der Waals surface area contributed by atoms with Gasteiger partial charge in [-0.3, -0.25) is 9.59 Å². The number of rotatable bonds is 6. The van der Waals surface area contributed by atoms with Crippen molar-refractivity contribution in [3.8, 4) is 6.07 Å². The lowest BCUT2D eigenvalue weighted by Gasteiger charge is -2.14. The van der Waals surface area contributed by atoms with E-state index in [1.807, 2.05) is 41.9 Å². The van der Waals surface area contributed by atoms with Crippen molar-refractivity contribution in [2.45, 2.75) is 13.0 Å². The molecule has 0 aliphatic heterocycles. The smallest absolute Gasteiger partial charge is 0.245 e. The summed E-state index contributed by atoms with van der Waals surface area (Å²) >= 11 is 0. The zero-order valence-electron chi connectivity index (χ0n) is 13.4. The Morgan fingerprint density at radius 1 is 1.39 bits per heavy atom. The van der Waals surface area contributed by atoms with E-state index in [1.54, 1.807) is 13.1 Å². The van der Waals surface area contributed by atoms with Gasteiger partial charge in [-0.2, -0.15) is 5.26 Å². The van der Waals surface area contributed by atoms with E-state index in [1.165, 1.54) is 7.11 Å². The van der Waals surface area contributed by atoms with Gasteiger partial charge in [-0.25, -0.2) is 0 Å². The zero-order valence-corrected chi connectivity index (χ0v) is 13.4. The lowest BCUT2D eigenvalue weighted by Crippen LogP contribution is -2.41. The first-order valence-corrected chi connectivity index (χ1v) is 7.26. The molecule has 0 saturated carbocycles. The maximum absolute atomic E-state index is 12.7. The number of aromatic nitrogens is 1. The molecular weight excluding hydrogens is 294 g/mol. The van der Waals surface area contributed by atoms with Gasteiger partial charge in [-0.15, -0.1) is 0 Å². The van der Waals surface area contributed by atoms with Crippen molar-refractivity contribution in [3.63, 3.8) is 0 Å². The van der Waals surface area contributed by atoms with E-state index in [2.05, 4.69) is 5.32 Å². The van der Waals surface area contributed by atoms with Crippen LogP contribution in [-0.4, -0.2) is 36.0 Å². The Balaban J connectivity index is 2.29. The van der Waals surface area contributed by atoms with Crippen LogP contribution in [0.1, 0.15) is 17.3 Å². The molecule has 2 atom stereocenters. The lowest BCUT2D eigenvalue weighted by atomic mass is 9.97. The largest absolute Gasteiger partial charge is 0.383 e. The van der Waals surface area contributed by atoms with Gasteiger partial charge in [0.15, 0.2) is 11.7 Å². The highest BCUT2D eigenvalue weighted by Crippen LogP contribution is 2.23. The fraction of sp³-hybridized carbons (Fsp3) is 0.353. The Hall–Kier alpha value is -2.65. The maximum Gasteiger partial charge on any atom is 0.245 e. The maximum atomic E-state index is 12.7. The van der Waals surface area contributed by atoms with Gasteiger partial charge in [-0.1, -0.05) is 18.2 Å². The number of hydrogen-bond acceptors (Lipinski definition) is 4. The van der Waals surface area contributed by atoms with Crippen molar-refractivity contribution < 1.29 is 14.3 Å². The minimum atomic E-state index is -1.37. The molecule has 6 nitrogen and oxygen atoms in total. The van der Waals surface area contributed by atoms with Crippen molar-refractivity contribution in [2.24, 2.45) is 13.0 Å². The van der Waals surface area contributed by atoms with Crippen molar-refractivity contribution in [1.29, 1.82) is 5.26 Å². The summed E-state index contributed by atoms with van der Waals surface area (Å²) in [6.07, 6.45) is 1.66. The molecule has 6 heteroatoms. The number of ketones is 1. The van der Waals surface area contributed by atoms with E-state index in [-0.39, 0.29) is 6.04 Å². The molecule has 0 unspecified atom stereocenters. The highest BCUT2D eigenvalue weighted by Gasteiger charge is 2.30. The molecular formula is C17H19N3O3. The highest BCUT2D eigenvalue weighted by molar-refractivity contribution is 6.17. The molecule has 1 heterocycles. The number of methoxy groups -OCH3 is 1. The zero-order chi connectivity index (χ0) is 17.0. The SMILES string of the molecule is COC[C@@H](C)NC(=O)[C@H](C#N)C(=O)c1cn(C)c2ccccc12. The highest BCUT2D eigenvalue weighted by atomic mass is 16.5. The van der Waals surface area contributed by atoms with Crippen LogP contribution in [0.3, 0.4) is 0 Å². The number of amides is 1. The van der Waals surface area contributed by atoms with Crippen LogP contribution >= 0.6 is 0 Å². The summed E-state index contributed by atoms with van der Waals surface area (Å²) in [6.45, 7) is 2.06. The van der Waals surface area contributed by atoms with E-state index in [4.69, 9.17) is 4.74 Å². The lowest BCUT2D eigenvalue weighted by molar-refractivity contribution is -0.123. The summed E-state index contributed by atoms with van der Waals surface area (Å²) in [4.78, 5) is 24.9. The second-order valence-corrected chi connectivity index (χ2v) is 5.46. The molecule has 1 N–H and O–H groups in total. The van der Waals surface area contributed by atoms with Crippen LogP contribution in [0.5, 0.6) is 0 Å². The van der Waals surface area contributed by atoms with Crippen LogP contribution in [0.15, 0.2) is 30.5 Å². The first-order chi connectivity index (χ1) is 11.0. The number of para-hydroxylation sites is 1. The number of carbonyl (C=O) groups is 2. The summed E-state index contributed by atoms with van der Waals surface area (Å²) in [5.74, 6) is -2.47. The molecule has 23 heavy (non-hydrogen) atoms. The number of Topliss-reactive ketones (excluding diaryl/α,β-unsaturated/α-hetero) is 1. The Labute approximate surface area is 134 Å². The number of aryl methyl sites for hydroxylation is 1. The summed E-state index contributed by atoms with van der Waals surface area (Å²) < 4.78 is 6.75. The predicted octanol–water partition coefficient (Wildman–Crippen LogP) is 1.65. The molecule has 2 aromatic rings. The molecule has 1 aromatic carbocycles. The van der Waals surface area contributed by atoms with Crippen LogP contribution in [0.2, 0.25) is 0 Å². The number of fused-ring (bicyclic) bond motifs is 1. The first kappa shape index (κ1) is 16.7. The van der Waals surface area contributed by atoms with E-state index in [0.717, 1.165) is 10.9 Å². The van der Waals surface area contributed by atoms with Gasteiger partial charge in [0.25, 0.3) is 0 Å². The third-order valence-electron chi connectivity index (χ3n) is 3.62. The number of benzene rings is 1. The van der Waals surface area contributed by atoms with E-state index >= 15 is 0 Å². The van der Waals surface area contributed by atoms with Gasteiger partial charge < -0.3 is 14.6 Å². The molecule has 0 saturated heterocycles. The van der Waals surface area contributed by atoms with Crippen LogP contribution < -0.4 is 5.32 Å². The van der Waals surface area contributed by atoms with Gasteiger partial charge in [0.2, 0.25) is 5.91 Å². The Kier molecular flexibility index (Phi) is 5.14. The molecule has 1 amide bonds. The molecule has 0 aliphatic carbocycles. The third-order valence-corrected chi connectivity index (χ3v) is 3.62. The van der Waals surface area contributed by atoms with Gasteiger partial charge >= 0.3 is 0 Å². The minimum absolute atomic E-state index is 0.274. The second-order valence-electron chi connectivity index (χ2n) is 5.46. The normalized spacial score (nSPS) is 13.3. The number of nitrogens with zero attached hydrogens (tertiary/aromatic N) is 2. The topological polar surface area (TPSA) is 84.1 Å². The number of ether oxygens (including phenoxy) is 1. The molecule has 1 aromatic heterocycles. The van der Waals surface area contributed by atoms with Crippen molar-refractivity contribution in [2.75, 3.05) is 13.7 Å². The molecule has 0 aliphatic rings. The average molecular weight is 313 g/mol. The quantitative estimate of drug-likeness (QED) is 0.649. The summed E-state index contributed by atoms with van der Waals surface area (Å²) in [5.41, 5.74) is 1.25. The van der Waals surface area contributed by atoms with Crippen molar-refractivity contribution >= 4 is 22.6 Å². The molecule has 0 spiro atoms. The predicted molar refractivity (Wildman–Crippen MR) is 85.8 cm³/mol. The number of nitrogens with one attached hydrogen (secondary N) is 1. The average Bonchev–Trinajstić information content (AvgIpc) is 2.85. The van der Waals surface area contributed by atoms with Gasteiger partial charge in [0.1, 0.15) is 0 Å². The molecule has 0 radical (unpaired) electrons. The number of hydrogen-bond donors (Lipinski definition) is 1. The van der Waals surface area contributed by atoms with Gasteiger partial charge in [0.05, 0.1) is 12.7 Å². The summed E-state index contributed by atoms with van der Waals surface area (Å²) in [7, 11) is 3.34. The minimum Gasteiger partial charge on any atom is -0.383 e. The second kappa shape index (κ2) is 7.07. The Morgan fingerprint density at radius 2 is 2.09 bits per heavy atom. The Morgan fingerprint density at radius 3 is 2.74 bits per heavy atom. The molecule has 120 valence electrons. The molecule has 0 fully saturated rings. The van der Waals surface area contributed by atoms with E-state index < -0.39 is 17.6 Å². The van der Waals surface area contributed by atoms with E-state index in [9.17, 15) is 14.9 Å². The summed E-state index contributed by atoms with van der Waals surface area (Å²) in [6, 6.07) is 8.92. The van der Waals surface area contributed by atoms with Crippen LogP contribution in [0.4, 0.5) is 0 Å². The fourth-order valence-electron chi connectivity index (χ4n) is 2.55. The first-order valence-electron chi connectivity index (χ1n) is 7.26. The monoisotopic (exact) mass is 313 g/mol. The van der Waals surface area contributed by atoms with Crippen molar-refractivity contribution in [1.82, 2.24) is 9.88 Å². The van der Waals surface area contributed by atoms with Gasteiger partial charge in [0, 0.05) is 42.9 Å². The molecule has 2 rings (SSSR count). The molecule has 0 bridgehead atoms. The number of carbonyl (C=O) groups excluding carboxylic acids is 2. The van der Waals surface area contributed by atoms with Crippen LogP contribution in [-0.2, 0) is 16.6 Å². The van der Waals surface area contributed by atoms with Gasteiger partial charge in [-0.05, 0) is 13.0 Å². The fourth-order valence-corrected chi connectivity index (χ4v) is 2.55.